The van der Waals surface area contributed by atoms with Crippen LogP contribution in [0.3, 0.4) is 0 Å². The van der Waals surface area contributed by atoms with E-state index in [0.717, 1.165) is 19.3 Å². The fourth-order valence-electron chi connectivity index (χ4n) is 2.78. The third-order valence-electron chi connectivity index (χ3n) is 3.96. The van der Waals surface area contributed by atoms with E-state index in [2.05, 4.69) is 0 Å². The van der Waals surface area contributed by atoms with Crippen molar-refractivity contribution in [2.75, 3.05) is 0 Å². The number of benzene rings is 2. The Morgan fingerprint density at radius 3 is 1.85 bits per heavy atom. The zero-order valence-electron chi connectivity index (χ0n) is 14.7. The minimum absolute atomic E-state index is 0.104. The molecule has 1 N–H and O–H groups in total. The van der Waals surface area contributed by atoms with Gasteiger partial charge in [-0.3, -0.25) is 9.42 Å². The van der Waals surface area contributed by atoms with Gasteiger partial charge in [0.2, 0.25) is 0 Å². The maximum absolute atomic E-state index is 13.2. The number of para-hydroxylation sites is 2. The van der Waals surface area contributed by atoms with Crippen molar-refractivity contribution in [2.24, 2.45) is 0 Å². The van der Waals surface area contributed by atoms with Crippen LogP contribution in [-0.2, 0) is 18.0 Å². The Hall–Kier alpha value is -1.62. The van der Waals surface area contributed by atoms with Crippen LogP contribution in [0.15, 0.2) is 60.7 Å². The fraction of sp³-hybridized carbons (Fsp3) is 0.333. The van der Waals surface area contributed by atoms with Crippen molar-refractivity contribution >= 4 is 15.6 Å². The summed E-state index contributed by atoms with van der Waals surface area (Å²) in [6.07, 6.45) is 3.91. The summed E-state index contributed by atoms with van der Waals surface area (Å²) in [6, 6.07) is 16.2. The van der Waals surface area contributed by atoms with Gasteiger partial charge in [-0.2, -0.15) is 4.31 Å². The van der Waals surface area contributed by atoms with Crippen LogP contribution in [0.1, 0.15) is 32.1 Å². The van der Waals surface area contributed by atoms with Gasteiger partial charge in [0.05, 0.1) is 6.10 Å². The molecule has 0 saturated heterocycles. The summed E-state index contributed by atoms with van der Waals surface area (Å²) in [6.45, 7) is 0. The van der Waals surface area contributed by atoms with Crippen LogP contribution in [0.2, 0.25) is 0 Å². The number of phosphoric ester groups is 2. The van der Waals surface area contributed by atoms with Gasteiger partial charge in [0.15, 0.2) is 0 Å². The fourth-order valence-corrected chi connectivity index (χ4v) is 5.60. The molecule has 146 valence electrons. The predicted octanol–water partition coefficient (Wildman–Crippen LogP) is 5.72. The summed E-state index contributed by atoms with van der Waals surface area (Å²) in [4.78, 5) is 10.1. The van der Waals surface area contributed by atoms with Crippen LogP contribution in [0.25, 0.3) is 0 Å². The highest BCUT2D eigenvalue weighted by Gasteiger charge is 2.43. The molecule has 7 nitrogen and oxygen atoms in total. The van der Waals surface area contributed by atoms with Crippen LogP contribution in [0, 0.1) is 0 Å². The summed E-state index contributed by atoms with van der Waals surface area (Å²) in [5.74, 6) is 0.309. The minimum atomic E-state index is -4.75. The lowest BCUT2D eigenvalue weighted by atomic mass is 9.98. The van der Waals surface area contributed by atoms with Crippen molar-refractivity contribution in [1.29, 1.82) is 0 Å². The average molecular weight is 412 g/mol. The Morgan fingerprint density at radius 1 is 0.778 bits per heavy atom. The molecular weight excluding hydrogens is 390 g/mol. The van der Waals surface area contributed by atoms with Gasteiger partial charge in [-0.1, -0.05) is 55.7 Å². The third kappa shape index (κ3) is 6.49. The Bertz CT molecular complexity index is 807. The first kappa shape index (κ1) is 20.1. The molecule has 0 aromatic heterocycles. The van der Waals surface area contributed by atoms with Gasteiger partial charge in [-0.15, -0.1) is 0 Å². The number of rotatable bonds is 8. The molecule has 0 spiro atoms. The molecule has 2 atom stereocenters. The van der Waals surface area contributed by atoms with Crippen LogP contribution in [-0.4, -0.2) is 11.0 Å². The predicted molar refractivity (Wildman–Crippen MR) is 101 cm³/mol. The van der Waals surface area contributed by atoms with E-state index in [-0.39, 0.29) is 17.6 Å². The monoisotopic (exact) mass is 412 g/mol. The van der Waals surface area contributed by atoms with Gasteiger partial charge in [-0.25, -0.2) is 9.13 Å². The zero-order chi connectivity index (χ0) is 19.2. The van der Waals surface area contributed by atoms with E-state index < -0.39 is 15.6 Å². The van der Waals surface area contributed by atoms with E-state index in [0.29, 0.717) is 12.8 Å². The standard InChI is InChI=1S/C18H22O7P2/c19-26(20,22-16-10-4-1-5-11-16)25-27(21,23-17-12-6-2-7-13-17)24-18-14-8-3-9-15-18/h1-2,4-7,10-13,18H,3,8-9,14-15H2,(H,19,20). The molecule has 1 fully saturated rings. The maximum Gasteiger partial charge on any atom is 0.540 e. The van der Waals surface area contributed by atoms with Crippen molar-refractivity contribution in [3.8, 4) is 11.5 Å². The third-order valence-corrected chi connectivity index (χ3v) is 7.02. The first-order valence-electron chi connectivity index (χ1n) is 8.76. The molecule has 1 aliphatic carbocycles. The van der Waals surface area contributed by atoms with E-state index in [1.54, 1.807) is 48.5 Å². The maximum atomic E-state index is 13.2. The normalized spacial score (nSPS) is 19.6. The molecule has 1 saturated carbocycles. The lowest BCUT2D eigenvalue weighted by Gasteiger charge is -2.27. The summed E-state index contributed by atoms with van der Waals surface area (Å²) in [5, 5.41) is 0. The molecular formula is C18H22O7P2. The highest BCUT2D eigenvalue weighted by molar-refractivity contribution is 7.62. The highest BCUT2D eigenvalue weighted by atomic mass is 31.3. The lowest BCUT2D eigenvalue weighted by molar-refractivity contribution is 0.105. The molecule has 9 heteroatoms. The number of hydrogen-bond donors (Lipinski definition) is 1. The lowest BCUT2D eigenvalue weighted by Crippen LogP contribution is -2.17. The SMILES string of the molecule is O=P(O)(Oc1ccccc1)OP(=O)(Oc1ccccc1)OC1CCCCC1. The second-order valence-corrected chi connectivity index (χ2v) is 9.23. The van der Waals surface area contributed by atoms with Crippen molar-refractivity contribution in [3.63, 3.8) is 0 Å². The van der Waals surface area contributed by atoms with E-state index in [1.807, 2.05) is 0 Å². The van der Waals surface area contributed by atoms with Gasteiger partial charge < -0.3 is 9.05 Å². The minimum Gasteiger partial charge on any atom is -0.404 e. The second kappa shape index (κ2) is 9.05. The quantitative estimate of drug-likeness (QED) is 0.555. The molecule has 0 bridgehead atoms. The van der Waals surface area contributed by atoms with Crippen molar-refractivity contribution < 1.29 is 31.9 Å². The summed E-state index contributed by atoms with van der Waals surface area (Å²) >= 11 is 0. The molecule has 2 aromatic rings. The van der Waals surface area contributed by atoms with Gasteiger partial charge in [0.1, 0.15) is 11.5 Å². The smallest absolute Gasteiger partial charge is 0.404 e. The van der Waals surface area contributed by atoms with Gasteiger partial charge in [0.25, 0.3) is 0 Å². The van der Waals surface area contributed by atoms with Crippen molar-refractivity contribution in [2.45, 2.75) is 38.2 Å². The highest BCUT2D eigenvalue weighted by Crippen LogP contribution is 2.63. The largest absolute Gasteiger partial charge is 0.540 e. The molecule has 2 aromatic carbocycles. The van der Waals surface area contributed by atoms with Gasteiger partial charge in [-0.05, 0) is 37.1 Å². The summed E-state index contributed by atoms with van der Waals surface area (Å²) in [7, 11) is -9.16. The van der Waals surface area contributed by atoms with Crippen LogP contribution in [0.5, 0.6) is 11.5 Å². The van der Waals surface area contributed by atoms with E-state index in [9.17, 15) is 14.0 Å². The van der Waals surface area contributed by atoms with E-state index >= 15 is 0 Å². The zero-order valence-corrected chi connectivity index (χ0v) is 16.5. The summed E-state index contributed by atoms with van der Waals surface area (Å²) in [5.41, 5.74) is 0. The molecule has 1 aliphatic rings. The number of phosphoric acid groups is 2. The van der Waals surface area contributed by atoms with Gasteiger partial charge in [0, 0.05) is 0 Å². The summed E-state index contributed by atoms with van der Waals surface area (Å²) < 4.78 is 46.4. The molecule has 27 heavy (non-hydrogen) atoms. The van der Waals surface area contributed by atoms with Gasteiger partial charge >= 0.3 is 15.6 Å². The molecule has 0 radical (unpaired) electrons. The van der Waals surface area contributed by atoms with Crippen LogP contribution in [0.4, 0.5) is 0 Å². The molecule has 0 aliphatic heterocycles. The van der Waals surface area contributed by atoms with Crippen molar-refractivity contribution in [1.82, 2.24) is 0 Å². The Labute approximate surface area is 158 Å². The molecule has 3 rings (SSSR count). The first-order valence-corrected chi connectivity index (χ1v) is 11.7. The molecule has 0 heterocycles. The molecule has 0 amide bonds. The first-order chi connectivity index (χ1) is 12.9. The Balaban J connectivity index is 1.77. The topological polar surface area (TPSA) is 91.3 Å². The average Bonchev–Trinajstić information content (AvgIpc) is 2.63. The molecule has 2 unspecified atom stereocenters. The number of hydrogen-bond acceptors (Lipinski definition) is 6. The van der Waals surface area contributed by atoms with E-state index in [4.69, 9.17) is 17.9 Å². The Kier molecular flexibility index (Phi) is 6.74. The van der Waals surface area contributed by atoms with Crippen molar-refractivity contribution in [3.05, 3.63) is 60.7 Å². The Morgan fingerprint density at radius 2 is 1.30 bits per heavy atom. The van der Waals surface area contributed by atoms with E-state index in [1.165, 1.54) is 12.1 Å². The van der Waals surface area contributed by atoms with Crippen LogP contribution >= 0.6 is 15.6 Å². The van der Waals surface area contributed by atoms with Crippen LogP contribution < -0.4 is 9.05 Å². The second-order valence-electron chi connectivity index (χ2n) is 6.17.